The highest BCUT2D eigenvalue weighted by molar-refractivity contribution is 5.86. The van der Waals surface area contributed by atoms with Crippen LogP contribution in [-0.2, 0) is 6.42 Å². The average Bonchev–Trinajstić information content (AvgIpc) is 2.88. The van der Waals surface area contributed by atoms with Crippen LogP contribution in [0.5, 0.6) is 0 Å². The number of para-hydroxylation sites is 1. The molecule has 1 saturated heterocycles. The van der Waals surface area contributed by atoms with Crippen molar-refractivity contribution in [2.45, 2.75) is 44.5 Å². The maximum atomic E-state index is 10.1. The van der Waals surface area contributed by atoms with Gasteiger partial charge in [-0.25, -0.2) is 0 Å². The van der Waals surface area contributed by atoms with Gasteiger partial charge in [-0.05, 0) is 31.4 Å². The fraction of sp³-hybridized carbons (Fsp3) is 0.467. The van der Waals surface area contributed by atoms with Crippen LogP contribution >= 0.6 is 0 Å². The maximum Gasteiger partial charge on any atom is 0.128 e. The number of aromatic nitrogens is 1. The summed E-state index contributed by atoms with van der Waals surface area (Å²) in [6.45, 7) is 1.86. The highest BCUT2D eigenvalue weighted by atomic mass is 16.3. The van der Waals surface area contributed by atoms with E-state index >= 15 is 0 Å². The van der Waals surface area contributed by atoms with Crippen LogP contribution < -0.4 is 5.32 Å². The number of rotatable bonds is 1. The summed E-state index contributed by atoms with van der Waals surface area (Å²) in [6.07, 6.45) is 3.08. The van der Waals surface area contributed by atoms with Crippen LogP contribution in [0, 0.1) is 0 Å². The minimum Gasteiger partial charge on any atom is -0.374 e. The van der Waals surface area contributed by atoms with E-state index in [9.17, 15) is 5.11 Å². The first kappa shape index (κ1) is 10.6. The third kappa shape index (κ3) is 1.26. The molecule has 3 nitrogen and oxygen atoms in total. The fourth-order valence-corrected chi connectivity index (χ4v) is 3.81. The van der Waals surface area contributed by atoms with E-state index in [1.807, 2.05) is 6.92 Å². The van der Waals surface area contributed by atoms with E-state index in [0.717, 1.165) is 6.42 Å². The zero-order valence-corrected chi connectivity index (χ0v) is 10.6. The number of nitrogens with one attached hydrogen (secondary N) is 1. The van der Waals surface area contributed by atoms with E-state index in [0.29, 0.717) is 12.1 Å². The summed E-state index contributed by atoms with van der Waals surface area (Å²) < 4.78 is 2.12. The Bertz CT molecular complexity index is 614. The minimum atomic E-state index is -0.448. The molecule has 2 aliphatic heterocycles. The molecule has 0 spiro atoms. The summed E-state index contributed by atoms with van der Waals surface area (Å²) in [6, 6.07) is 9.54. The third-order valence-electron chi connectivity index (χ3n) is 4.46. The molecule has 1 aromatic heterocycles. The van der Waals surface area contributed by atoms with E-state index in [4.69, 9.17) is 0 Å². The molecule has 94 valence electrons. The molecule has 3 unspecified atom stereocenters. The summed E-state index contributed by atoms with van der Waals surface area (Å²) >= 11 is 0. The van der Waals surface area contributed by atoms with Crippen molar-refractivity contribution >= 4 is 10.9 Å². The lowest BCUT2D eigenvalue weighted by atomic mass is 9.99. The molecule has 0 amide bonds. The second-order valence-electron chi connectivity index (χ2n) is 5.58. The second-order valence-corrected chi connectivity index (χ2v) is 5.58. The van der Waals surface area contributed by atoms with Gasteiger partial charge in [-0.3, -0.25) is 0 Å². The normalized spacial score (nSPS) is 27.4. The van der Waals surface area contributed by atoms with Crippen molar-refractivity contribution in [3.8, 4) is 0 Å². The molecule has 2 bridgehead atoms. The smallest absolute Gasteiger partial charge is 0.128 e. The van der Waals surface area contributed by atoms with Gasteiger partial charge in [0.15, 0.2) is 0 Å². The number of hydrogen-bond acceptors (Lipinski definition) is 2. The summed E-state index contributed by atoms with van der Waals surface area (Å²) in [7, 11) is 0. The standard InChI is InChI=1S/C15H18N2O/c1-9(18)17-13-5-3-2-4-11(13)15-12-7-6-10(16-12)8-14(15)17/h2-5,9-10,12,16,18H,6-8H2,1H3. The molecule has 0 aliphatic carbocycles. The van der Waals surface area contributed by atoms with E-state index in [-0.39, 0.29) is 0 Å². The van der Waals surface area contributed by atoms with E-state index in [1.165, 1.54) is 35.0 Å². The Morgan fingerprint density at radius 1 is 1.33 bits per heavy atom. The summed E-state index contributed by atoms with van der Waals surface area (Å²) in [5.74, 6) is 0. The predicted molar refractivity (Wildman–Crippen MR) is 71.5 cm³/mol. The van der Waals surface area contributed by atoms with Gasteiger partial charge >= 0.3 is 0 Å². The summed E-state index contributed by atoms with van der Waals surface area (Å²) in [5.41, 5.74) is 3.95. The number of benzene rings is 1. The van der Waals surface area contributed by atoms with Crippen molar-refractivity contribution in [3.05, 3.63) is 35.5 Å². The van der Waals surface area contributed by atoms with Crippen LogP contribution in [-0.4, -0.2) is 15.7 Å². The quantitative estimate of drug-likeness (QED) is 0.806. The van der Waals surface area contributed by atoms with Crippen molar-refractivity contribution in [1.29, 1.82) is 0 Å². The Morgan fingerprint density at radius 3 is 3.00 bits per heavy atom. The third-order valence-corrected chi connectivity index (χ3v) is 4.46. The van der Waals surface area contributed by atoms with Gasteiger partial charge < -0.3 is 15.0 Å². The molecule has 4 rings (SSSR count). The maximum absolute atomic E-state index is 10.1. The molecule has 2 aliphatic rings. The molecule has 3 heterocycles. The topological polar surface area (TPSA) is 37.2 Å². The first-order chi connectivity index (χ1) is 8.75. The van der Waals surface area contributed by atoms with Gasteiger partial charge in [-0.2, -0.15) is 0 Å². The largest absolute Gasteiger partial charge is 0.374 e. The van der Waals surface area contributed by atoms with Gasteiger partial charge in [-0.15, -0.1) is 0 Å². The molecule has 3 heteroatoms. The Hall–Kier alpha value is -1.32. The average molecular weight is 242 g/mol. The van der Waals surface area contributed by atoms with Gasteiger partial charge in [0.25, 0.3) is 0 Å². The lowest BCUT2D eigenvalue weighted by molar-refractivity contribution is 0.125. The first-order valence-electron chi connectivity index (χ1n) is 6.81. The highest BCUT2D eigenvalue weighted by Gasteiger charge is 2.36. The van der Waals surface area contributed by atoms with Gasteiger partial charge in [0.1, 0.15) is 6.23 Å². The first-order valence-corrected chi connectivity index (χ1v) is 6.81. The Labute approximate surface area is 106 Å². The van der Waals surface area contributed by atoms with Crippen molar-refractivity contribution in [1.82, 2.24) is 9.88 Å². The molecule has 2 N–H and O–H groups in total. The molecule has 0 saturated carbocycles. The van der Waals surface area contributed by atoms with Crippen molar-refractivity contribution in [3.63, 3.8) is 0 Å². The summed E-state index contributed by atoms with van der Waals surface area (Å²) in [4.78, 5) is 0. The second kappa shape index (κ2) is 3.59. The summed E-state index contributed by atoms with van der Waals surface area (Å²) in [5, 5.41) is 15.1. The molecule has 18 heavy (non-hydrogen) atoms. The van der Waals surface area contributed by atoms with Gasteiger partial charge in [0.05, 0.1) is 5.52 Å². The van der Waals surface area contributed by atoms with Crippen LogP contribution in [0.4, 0.5) is 0 Å². The van der Waals surface area contributed by atoms with Crippen LogP contribution in [0.15, 0.2) is 24.3 Å². The molecule has 0 radical (unpaired) electrons. The predicted octanol–water partition coefficient (Wildman–Crippen LogP) is 2.50. The lowest BCUT2D eigenvalue weighted by Gasteiger charge is -2.24. The van der Waals surface area contributed by atoms with Gasteiger partial charge in [0, 0.05) is 29.6 Å². The van der Waals surface area contributed by atoms with E-state index in [2.05, 4.69) is 34.1 Å². The van der Waals surface area contributed by atoms with Crippen molar-refractivity contribution < 1.29 is 5.11 Å². The molecular formula is C15H18N2O. The Kier molecular flexibility index (Phi) is 2.11. The van der Waals surface area contributed by atoms with Crippen LogP contribution in [0.2, 0.25) is 0 Å². The number of aliphatic hydroxyl groups is 1. The number of hydrogen-bond donors (Lipinski definition) is 2. The van der Waals surface area contributed by atoms with E-state index in [1.54, 1.807) is 0 Å². The van der Waals surface area contributed by atoms with Crippen LogP contribution in [0.25, 0.3) is 10.9 Å². The van der Waals surface area contributed by atoms with Crippen LogP contribution in [0.3, 0.4) is 0 Å². The molecule has 3 atom stereocenters. The molecule has 1 aromatic carbocycles. The highest BCUT2D eigenvalue weighted by Crippen LogP contribution is 2.42. The van der Waals surface area contributed by atoms with Gasteiger partial charge in [0.2, 0.25) is 0 Å². The number of fused-ring (bicyclic) bond motifs is 6. The molecule has 1 fully saturated rings. The Balaban J connectivity index is 2.08. The SMILES string of the molecule is CC(O)n1c2c(c3ccccc31)C1CCC(C2)N1. The van der Waals surface area contributed by atoms with Crippen LogP contribution in [0.1, 0.15) is 43.3 Å². The number of nitrogens with zero attached hydrogens (tertiary/aromatic N) is 1. The lowest BCUT2D eigenvalue weighted by Crippen LogP contribution is -2.32. The molecule has 2 aromatic rings. The van der Waals surface area contributed by atoms with Gasteiger partial charge in [-0.1, -0.05) is 18.2 Å². The van der Waals surface area contributed by atoms with Crippen molar-refractivity contribution in [2.24, 2.45) is 0 Å². The monoisotopic (exact) mass is 242 g/mol. The fourth-order valence-electron chi connectivity index (χ4n) is 3.81. The zero-order chi connectivity index (χ0) is 12.3. The number of aliphatic hydroxyl groups excluding tert-OH is 1. The zero-order valence-electron chi connectivity index (χ0n) is 10.6. The van der Waals surface area contributed by atoms with E-state index < -0.39 is 6.23 Å². The Morgan fingerprint density at radius 2 is 2.17 bits per heavy atom. The minimum absolute atomic E-state index is 0.448. The van der Waals surface area contributed by atoms with Crippen molar-refractivity contribution in [2.75, 3.05) is 0 Å². The molecular weight excluding hydrogens is 224 g/mol.